The molecule has 1 aromatic rings. The molecule has 0 amide bonds. The number of ketones is 1. The summed E-state index contributed by atoms with van der Waals surface area (Å²) in [5, 5.41) is 0. The third-order valence-corrected chi connectivity index (χ3v) is 3.75. The summed E-state index contributed by atoms with van der Waals surface area (Å²) in [6, 6.07) is 3.67. The maximum absolute atomic E-state index is 13.3. The highest BCUT2D eigenvalue weighted by molar-refractivity contribution is 5.95. The van der Waals surface area contributed by atoms with Gasteiger partial charge in [0.25, 0.3) is 0 Å². The first-order valence-corrected chi connectivity index (χ1v) is 6.87. The average Bonchev–Trinajstić information content (AvgIpc) is 2.37. The molecule has 2 nitrogen and oxygen atoms in total. The minimum atomic E-state index is -2.60. The molecule has 0 spiro atoms. The van der Waals surface area contributed by atoms with Gasteiger partial charge in [0, 0.05) is 25.5 Å². The van der Waals surface area contributed by atoms with Crippen molar-refractivity contribution in [2.75, 3.05) is 0 Å². The molecule has 0 aromatic carbocycles. The van der Waals surface area contributed by atoms with E-state index in [1.807, 2.05) is 13.0 Å². The van der Waals surface area contributed by atoms with Crippen LogP contribution in [0.3, 0.4) is 0 Å². The number of aryl methyl sites for hydroxylation is 1. The number of nitrogens with zero attached hydrogens (tertiary/aromatic N) is 1. The van der Waals surface area contributed by atoms with Gasteiger partial charge in [-0.25, -0.2) is 8.78 Å². The number of aromatic nitrogens is 1. The zero-order chi connectivity index (χ0) is 13.9. The lowest BCUT2D eigenvalue weighted by Crippen LogP contribution is -2.27. The fraction of sp³-hybridized carbons (Fsp3) is 0.600. The summed E-state index contributed by atoms with van der Waals surface area (Å²) in [6.07, 6.45) is 3.54. The highest BCUT2D eigenvalue weighted by atomic mass is 19.3. The molecule has 1 aromatic heterocycles. The van der Waals surface area contributed by atoms with Crippen LogP contribution in [0.1, 0.15) is 55.1 Å². The van der Waals surface area contributed by atoms with E-state index in [0.29, 0.717) is 12.1 Å². The van der Waals surface area contributed by atoms with Crippen LogP contribution in [0.15, 0.2) is 18.3 Å². The van der Waals surface area contributed by atoms with Gasteiger partial charge in [-0.3, -0.25) is 9.78 Å². The van der Waals surface area contributed by atoms with Crippen molar-refractivity contribution in [3.05, 3.63) is 29.6 Å². The molecule has 19 heavy (non-hydrogen) atoms. The number of Topliss-reactive ketones (excluding diaryl/α,β-unsaturated/α-hetero) is 1. The second kappa shape index (κ2) is 5.76. The van der Waals surface area contributed by atoms with Crippen molar-refractivity contribution in [2.24, 2.45) is 5.92 Å². The number of hydrogen-bond acceptors (Lipinski definition) is 2. The molecule has 1 saturated carbocycles. The molecule has 0 N–H and O–H groups in total. The van der Waals surface area contributed by atoms with Crippen LogP contribution < -0.4 is 0 Å². The lowest BCUT2D eigenvalue weighted by Gasteiger charge is -2.28. The summed E-state index contributed by atoms with van der Waals surface area (Å²) in [4.78, 5) is 16.3. The van der Waals surface area contributed by atoms with E-state index in [-0.39, 0.29) is 31.0 Å². The minimum Gasteiger partial charge on any atom is -0.292 e. The van der Waals surface area contributed by atoms with Gasteiger partial charge in [-0.15, -0.1) is 0 Å². The van der Waals surface area contributed by atoms with E-state index in [0.717, 1.165) is 18.4 Å². The predicted molar refractivity (Wildman–Crippen MR) is 69.5 cm³/mol. The third kappa shape index (κ3) is 3.58. The summed E-state index contributed by atoms with van der Waals surface area (Å²) >= 11 is 0. The summed E-state index contributed by atoms with van der Waals surface area (Å²) in [5.74, 6) is -2.90. The van der Waals surface area contributed by atoms with Gasteiger partial charge in [0.05, 0.1) is 0 Å². The lowest BCUT2D eigenvalue weighted by atomic mass is 9.83. The van der Waals surface area contributed by atoms with E-state index >= 15 is 0 Å². The van der Waals surface area contributed by atoms with Gasteiger partial charge in [-0.1, -0.05) is 13.0 Å². The van der Waals surface area contributed by atoms with E-state index in [2.05, 4.69) is 4.98 Å². The Kier molecular flexibility index (Phi) is 4.27. The molecule has 1 aliphatic rings. The normalized spacial score (nSPS) is 22.2. The van der Waals surface area contributed by atoms with Crippen molar-refractivity contribution in [3.63, 3.8) is 0 Å². The Labute approximate surface area is 112 Å². The molecule has 0 aliphatic heterocycles. The van der Waals surface area contributed by atoms with Crippen molar-refractivity contribution in [3.8, 4) is 0 Å². The third-order valence-electron chi connectivity index (χ3n) is 3.75. The first-order chi connectivity index (χ1) is 9.02. The van der Waals surface area contributed by atoms with Gasteiger partial charge < -0.3 is 0 Å². The van der Waals surface area contributed by atoms with Crippen LogP contribution in [-0.4, -0.2) is 16.7 Å². The Balaban J connectivity index is 2.05. The molecule has 1 atom stereocenters. The van der Waals surface area contributed by atoms with Crippen LogP contribution in [0.4, 0.5) is 8.78 Å². The van der Waals surface area contributed by atoms with Crippen LogP contribution >= 0.6 is 0 Å². The highest BCUT2D eigenvalue weighted by Gasteiger charge is 2.37. The van der Waals surface area contributed by atoms with Crippen LogP contribution in [0, 0.1) is 5.92 Å². The molecule has 2 rings (SSSR count). The van der Waals surface area contributed by atoms with Gasteiger partial charge in [-0.05, 0) is 36.8 Å². The summed E-state index contributed by atoms with van der Waals surface area (Å²) in [5.41, 5.74) is 1.36. The smallest absolute Gasteiger partial charge is 0.248 e. The van der Waals surface area contributed by atoms with E-state index in [1.165, 1.54) is 0 Å². The fourth-order valence-corrected chi connectivity index (χ4v) is 2.78. The molecular formula is C15H19F2NO. The molecule has 4 heteroatoms. The van der Waals surface area contributed by atoms with E-state index in [1.54, 1.807) is 12.3 Å². The molecule has 0 radical (unpaired) electrons. The maximum atomic E-state index is 13.3. The van der Waals surface area contributed by atoms with Crippen LogP contribution in [0.5, 0.6) is 0 Å². The molecule has 1 aliphatic carbocycles. The summed E-state index contributed by atoms with van der Waals surface area (Å²) in [6.45, 7) is 1.96. The Morgan fingerprint density at radius 2 is 2.32 bits per heavy atom. The average molecular weight is 267 g/mol. The highest BCUT2D eigenvalue weighted by Crippen LogP contribution is 2.38. The van der Waals surface area contributed by atoms with Crippen molar-refractivity contribution >= 4 is 5.78 Å². The second-order valence-electron chi connectivity index (χ2n) is 5.31. The lowest BCUT2D eigenvalue weighted by molar-refractivity contribution is -0.0521. The van der Waals surface area contributed by atoms with Gasteiger partial charge in [-0.2, -0.15) is 0 Å². The molecule has 1 heterocycles. The number of alkyl halides is 2. The van der Waals surface area contributed by atoms with Crippen LogP contribution in [0.25, 0.3) is 0 Å². The predicted octanol–water partition coefficient (Wildman–Crippen LogP) is 4.04. The Morgan fingerprint density at radius 3 is 3.00 bits per heavy atom. The van der Waals surface area contributed by atoms with Gasteiger partial charge >= 0.3 is 0 Å². The molecule has 1 fully saturated rings. The second-order valence-corrected chi connectivity index (χ2v) is 5.31. The summed E-state index contributed by atoms with van der Waals surface area (Å²) < 4.78 is 26.7. The van der Waals surface area contributed by atoms with Gasteiger partial charge in [0.1, 0.15) is 5.69 Å². The topological polar surface area (TPSA) is 30.0 Å². The standard InChI is InChI=1S/C15H19F2NO/c1-2-12-6-4-8-18-14(12)13(19)9-11-5-3-7-15(16,17)10-11/h4,6,8,11H,2-3,5,7,9-10H2,1H3. The Morgan fingerprint density at radius 1 is 1.53 bits per heavy atom. The van der Waals surface area contributed by atoms with Crippen molar-refractivity contribution in [2.45, 2.75) is 51.4 Å². The van der Waals surface area contributed by atoms with E-state index < -0.39 is 5.92 Å². The zero-order valence-electron chi connectivity index (χ0n) is 11.2. The summed E-state index contributed by atoms with van der Waals surface area (Å²) in [7, 11) is 0. The fourth-order valence-electron chi connectivity index (χ4n) is 2.78. The van der Waals surface area contributed by atoms with E-state index in [9.17, 15) is 13.6 Å². The quantitative estimate of drug-likeness (QED) is 0.770. The molecule has 0 bridgehead atoms. The zero-order valence-corrected chi connectivity index (χ0v) is 11.2. The van der Waals surface area contributed by atoms with Gasteiger partial charge in [0.2, 0.25) is 5.92 Å². The SMILES string of the molecule is CCc1cccnc1C(=O)CC1CCCC(F)(F)C1. The number of carbonyl (C=O) groups excluding carboxylic acids is 1. The number of rotatable bonds is 4. The molecule has 0 saturated heterocycles. The largest absolute Gasteiger partial charge is 0.292 e. The maximum Gasteiger partial charge on any atom is 0.248 e. The number of halogens is 2. The first-order valence-electron chi connectivity index (χ1n) is 6.87. The van der Waals surface area contributed by atoms with Crippen molar-refractivity contribution in [1.82, 2.24) is 4.98 Å². The Bertz CT molecular complexity index is 459. The van der Waals surface area contributed by atoms with Crippen molar-refractivity contribution < 1.29 is 13.6 Å². The molecule has 1 unspecified atom stereocenters. The van der Waals surface area contributed by atoms with Gasteiger partial charge in [0.15, 0.2) is 5.78 Å². The minimum absolute atomic E-state index is 0.0402. The van der Waals surface area contributed by atoms with Crippen LogP contribution in [-0.2, 0) is 6.42 Å². The van der Waals surface area contributed by atoms with E-state index in [4.69, 9.17) is 0 Å². The molecule has 104 valence electrons. The van der Waals surface area contributed by atoms with Crippen molar-refractivity contribution in [1.29, 1.82) is 0 Å². The Hall–Kier alpha value is -1.32. The monoisotopic (exact) mass is 267 g/mol. The molecular weight excluding hydrogens is 248 g/mol. The number of pyridine rings is 1. The number of hydrogen-bond donors (Lipinski definition) is 0. The first kappa shape index (κ1) is 14.1. The van der Waals surface area contributed by atoms with Crippen LogP contribution in [0.2, 0.25) is 0 Å². The number of carbonyl (C=O) groups is 1.